The minimum absolute atomic E-state index is 0.0175. The number of hydrogen-bond acceptors (Lipinski definition) is 3. The lowest BCUT2D eigenvalue weighted by molar-refractivity contribution is 0.0919. The van der Waals surface area contributed by atoms with Gasteiger partial charge in [0.1, 0.15) is 0 Å². The van der Waals surface area contributed by atoms with Gasteiger partial charge in [0.15, 0.2) is 0 Å². The average Bonchev–Trinajstić information content (AvgIpc) is 2.61. The molecule has 2 heterocycles. The molecule has 5 heteroatoms. The van der Waals surface area contributed by atoms with Crippen LogP contribution in [0.3, 0.4) is 0 Å². The molecule has 0 radical (unpaired) electrons. The average molecular weight is 236 g/mol. The smallest absolute Gasteiger partial charge is 0.255 e. The van der Waals surface area contributed by atoms with Gasteiger partial charge in [-0.2, -0.15) is 5.10 Å². The molecular formula is C12H20N4O. The van der Waals surface area contributed by atoms with E-state index >= 15 is 0 Å². The van der Waals surface area contributed by atoms with Gasteiger partial charge in [-0.1, -0.05) is 0 Å². The summed E-state index contributed by atoms with van der Waals surface area (Å²) in [5.41, 5.74) is 1.45. The Labute approximate surface area is 102 Å². The SMILES string of the molecule is Cc1nn(C)cc1C(=O)NC1CCCNC1C. The molecular weight excluding hydrogens is 216 g/mol. The predicted octanol–water partition coefficient (Wildman–Crippen LogP) is 0.599. The van der Waals surface area contributed by atoms with E-state index < -0.39 is 0 Å². The molecule has 0 saturated carbocycles. The molecule has 1 fully saturated rings. The number of amides is 1. The lowest BCUT2D eigenvalue weighted by Gasteiger charge is -2.30. The maximum atomic E-state index is 12.1. The van der Waals surface area contributed by atoms with Gasteiger partial charge in [-0.3, -0.25) is 9.48 Å². The molecule has 1 amide bonds. The Morgan fingerprint density at radius 1 is 1.65 bits per heavy atom. The third kappa shape index (κ3) is 2.66. The minimum atomic E-state index is -0.0175. The Balaban J connectivity index is 2.03. The number of piperidine rings is 1. The van der Waals surface area contributed by atoms with Crippen molar-refractivity contribution in [3.8, 4) is 0 Å². The number of nitrogens with one attached hydrogen (secondary N) is 2. The van der Waals surface area contributed by atoms with Crippen molar-refractivity contribution in [1.29, 1.82) is 0 Å². The van der Waals surface area contributed by atoms with E-state index in [0.29, 0.717) is 11.6 Å². The van der Waals surface area contributed by atoms with Gasteiger partial charge < -0.3 is 10.6 Å². The summed E-state index contributed by atoms with van der Waals surface area (Å²) in [6.45, 7) is 5.01. The van der Waals surface area contributed by atoms with Gasteiger partial charge in [0.05, 0.1) is 11.3 Å². The van der Waals surface area contributed by atoms with Crippen LogP contribution in [0.2, 0.25) is 0 Å². The molecule has 1 aromatic heterocycles. The van der Waals surface area contributed by atoms with Crippen LogP contribution < -0.4 is 10.6 Å². The summed E-state index contributed by atoms with van der Waals surface area (Å²) in [6.07, 6.45) is 3.92. The van der Waals surface area contributed by atoms with Crippen LogP contribution in [0, 0.1) is 6.92 Å². The number of carbonyl (C=O) groups is 1. The molecule has 2 unspecified atom stereocenters. The number of aromatic nitrogens is 2. The molecule has 0 aliphatic carbocycles. The standard InChI is InChI=1S/C12H20N4O/c1-8-10(7-16(3)15-8)12(17)14-11-5-4-6-13-9(11)2/h7,9,11,13H,4-6H2,1-3H3,(H,14,17). The van der Waals surface area contributed by atoms with Gasteiger partial charge in [0, 0.05) is 25.3 Å². The second kappa shape index (κ2) is 4.87. The fourth-order valence-corrected chi connectivity index (χ4v) is 2.31. The van der Waals surface area contributed by atoms with Crippen molar-refractivity contribution >= 4 is 5.91 Å². The number of aryl methyl sites for hydroxylation is 2. The van der Waals surface area contributed by atoms with E-state index in [1.165, 1.54) is 0 Å². The zero-order valence-corrected chi connectivity index (χ0v) is 10.7. The van der Waals surface area contributed by atoms with Crippen LogP contribution >= 0.6 is 0 Å². The third-order valence-corrected chi connectivity index (χ3v) is 3.34. The van der Waals surface area contributed by atoms with Crippen LogP contribution in [0.1, 0.15) is 35.8 Å². The molecule has 17 heavy (non-hydrogen) atoms. The van der Waals surface area contributed by atoms with Crippen molar-refractivity contribution in [3.63, 3.8) is 0 Å². The number of hydrogen-bond donors (Lipinski definition) is 2. The van der Waals surface area contributed by atoms with Gasteiger partial charge in [-0.15, -0.1) is 0 Å². The van der Waals surface area contributed by atoms with Crippen molar-refractivity contribution in [2.45, 2.75) is 38.8 Å². The normalized spacial score (nSPS) is 24.6. The number of nitrogens with zero attached hydrogens (tertiary/aromatic N) is 2. The fraction of sp³-hybridized carbons (Fsp3) is 0.667. The van der Waals surface area contributed by atoms with Gasteiger partial charge >= 0.3 is 0 Å². The molecule has 2 rings (SSSR count). The molecule has 5 nitrogen and oxygen atoms in total. The largest absolute Gasteiger partial charge is 0.348 e. The first-order valence-electron chi connectivity index (χ1n) is 6.12. The second-order valence-electron chi connectivity index (χ2n) is 4.77. The van der Waals surface area contributed by atoms with Gasteiger partial charge in [0.25, 0.3) is 5.91 Å². The van der Waals surface area contributed by atoms with Crippen LogP contribution in [-0.2, 0) is 7.05 Å². The van der Waals surface area contributed by atoms with E-state index in [1.54, 1.807) is 10.9 Å². The van der Waals surface area contributed by atoms with E-state index in [9.17, 15) is 4.79 Å². The Kier molecular flexibility index (Phi) is 3.47. The molecule has 0 spiro atoms. The van der Waals surface area contributed by atoms with E-state index in [-0.39, 0.29) is 11.9 Å². The molecule has 0 bridgehead atoms. The fourth-order valence-electron chi connectivity index (χ4n) is 2.31. The highest BCUT2D eigenvalue weighted by molar-refractivity contribution is 5.95. The van der Waals surface area contributed by atoms with E-state index in [4.69, 9.17) is 0 Å². The Bertz CT molecular complexity index is 413. The van der Waals surface area contributed by atoms with Gasteiger partial charge in [-0.05, 0) is 33.2 Å². The predicted molar refractivity (Wildman–Crippen MR) is 65.9 cm³/mol. The third-order valence-electron chi connectivity index (χ3n) is 3.34. The molecule has 1 aliphatic rings. The second-order valence-corrected chi connectivity index (χ2v) is 4.77. The van der Waals surface area contributed by atoms with Crippen molar-refractivity contribution in [1.82, 2.24) is 20.4 Å². The van der Waals surface area contributed by atoms with E-state index in [0.717, 1.165) is 25.1 Å². The maximum Gasteiger partial charge on any atom is 0.255 e. The molecule has 1 aliphatic heterocycles. The van der Waals surface area contributed by atoms with Gasteiger partial charge in [-0.25, -0.2) is 0 Å². The van der Waals surface area contributed by atoms with Crippen molar-refractivity contribution in [2.75, 3.05) is 6.54 Å². The van der Waals surface area contributed by atoms with E-state index in [2.05, 4.69) is 22.7 Å². The van der Waals surface area contributed by atoms with Crippen molar-refractivity contribution < 1.29 is 4.79 Å². The maximum absolute atomic E-state index is 12.1. The first kappa shape index (κ1) is 12.1. The quantitative estimate of drug-likeness (QED) is 0.790. The summed E-state index contributed by atoms with van der Waals surface area (Å²) in [5.74, 6) is -0.0175. The van der Waals surface area contributed by atoms with Crippen LogP contribution in [0.4, 0.5) is 0 Å². The molecule has 1 saturated heterocycles. The first-order valence-corrected chi connectivity index (χ1v) is 6.12. The summed E-state index contributed by atoms with van der Waals surface area (Å²) in [5, 5.41) is 10.6. The van der Waals surface area contributed by atoms with Crippen LogP contribution in [0.15, 0.2) is 6.20 Å². The summed E-state index contributed by atoms with van der Waals surface area (Å²) in [4.78, 5) is 12.1. The summed E-state index contributed by atoms with van der Waals surface area (Å²) in [7, 11) is 1.83. The molecule has 2 N–H and O–H groups in total. The zero-order valence-electron chi connectivity index (χ0n) is 10.7. The monoisotopic (exact) mass is 236 g/mol. The highest BCUT2D eigenvalue weighted by Gasteiger charge is 2.23. The number of carbonyl (C=O) groups excluding carboxylic acids is 1. The Morgan fingerprint density at radius 2 is 2.41 bits per heavy atom. The molecule has 0 aromatic carbocycles. The summed E-state index contributed by atoms with van der Waals surface area (Å²) < 4.78 is 1.67. The summed E-state index contributed by atoms with van der Waals surface area (Å²) >= 11 is 0. The molecule has 94 valence electrons. The van der Waals surface area contributed by atoms with Crippen LogP contribution in [0.5, 0.6) is 0 Å². The molecule has 1 aromatic rings. The summed E-state index contributed by atoms with van der Waals surface area (Å²) in [6, 6.07) is 0.556. The molecule has 2 atom stereocenters. The van der Waals surface area contributed by atoms with Crippen LogP contribution in [-0.4, -0.2) is 34.3 Å². The highest BCUT2D eigenvalue weighted by atomic mass is 16.1. The zero-order chi connectivity index (χ0) is 12.4. The van der Waals surface area contributed by atoms with Crippen LogP contribution in [0.25, 0.3) is 0 Å². The lowest BCUT2D eigenvalue weighted by Crippen LogP contribution is -2.51. The van der Waals surface area contributed by atoms with Gasteiger partial charge in [0.2, 0.25) is 0 Å². The number of rotatable bonds is 2. The lowest BCUT2D eigenvalue weighted by atomic mass is 9.99. The topological polar surface area (TPSA) is 59.0 Å². The minimum Gasteiger partial charge on any atom is -0.348 e. The Hall–Kier alpha value is -1.36. The Morgan fingerprint density at radius 3 is 3.00 bits per heavy atom. The van der Waals surface area contributed by atoms with Crippen molar-refractivity contribution in [2.24, 2.45) is 7.05 Å². The first-order chi connectivity index (χ1) is 8.08. The van der Waals surface area contributed by atoms with E-state index in [1.807, 2.05) is 14.0 Å². The highest BCUT2D eigenvalue weighted by Crippen LogP contribution is 2.11. The van der Waals surface area contributed by atoms with Crippen molar-refractivity contribution in [3.05, 3.63) is 17.5 Å².